The van der Waals surface area contributed by atoms with Crippen LogP contribution < -0.4 is 10.9 Å². The highest BCUT2D eigenvalue weighted by Crippen LogP contribution is 2.41. The van der Waals surface area contributed by atoms with Crippen LogP contribution >= 0.6 is 0 Å². The van der Waals surface area contributed by atoms with Gasteiger partial charge in [0, 0.05) is 54.5 Å². The minimum atomic E-state index is -0.506. The highest BCUT2D eigenvalue weighted by atomic mass is 16.6. The molecular formula is C32H40N6O2. The number of anilines is 1. The molecule has 40 heavy (non-hydrogen) atoms. The standard InChI is InChI=1S/C32H40N6O2/c1-20-18-23(13-16-37(20)31(39)40-32(3,4)5)22-10-11-24-26(19-22)29(14-17-38-30(24)21(2)36(6)35-38)34-28-9-7-8-27-25(28)12-15-33-27/h7-13,15,19-20,29,33-35H,14,16-18H2,1-6H3/t20-,29?/m0/s1. The third-order valence-corrected chi connectivity index (χ3v) is 8.22. The molecule has 2 atom stereocenters. The van der Waals surface area contributed by atoms with Gasteiger partial charge in [0.1, 0.15) is 5.60 Å². The molecule has 3 aliphatic rings. The Balaban J connectivity index is 1.37. The van der Waals surface area contributed by atoms with E-state index in [1.165, 1.54) is 39.0 Å². The molecule has 3 N–H and O–H groups in total. The van der Waals surface area contributed by atoms with Gasteiger partial charge >= 0.3 is 6.09 Å². The Morgan fingerprint density at radius 2 is 1.98 bits per heavy atom. The summed E-state index contributed by atoms with van der Waals surface area (Å²) in [7, 11) is 2.07. The normalized spacial score (nSPS) is 21.2. The molecule has 1 amide bonds. The fraction of sp³-hybridized carbons (Fsp3) is 0.406. The van der Waals surface area contributed by atoms with Crippen LogP contribution in [-0.4, -0.2) is 57.8 Å². The number of rotatable bonds is 3. The second kappa shape index (κ2) is 9.93. The quantitative estimate of drug-likeness (QED) is 0.352. The topological polar surface area (TPSA) is 75.9 Å². The van der Waals surface area contributed by atoms with Crippen LogP contribution in [0.3, 0.4) is 0 Å². The van der Waals surface area contributed by atoms with E-state index < -0.39 is 5.60 Å². The summed E-state index contributed by atoms with van der Waals surface area (Å²) < 4.78 is 5.66. The average Bonchev–Trinajstić information content (AvgIpc) is 3.45. The average molecular weight is 541 g/mol. The van der Waals surface area contributed by atoms with Crippen molar-refractivity contribution >= 4 is 34.0 Å². The maximum absolute atomic E-state index is 12.8. The van der Waals surface area contributed by atoms with Crippen LogP contribution in [0.5, 0.6) is 0 Å². The number of hydrogen-bond acceptors (Lipinski definition) is 6. The lowest BCUT2D eigenvalue weighted by Crippen LogP contribution is -2.44. The van der Waals surface area contributed by atoms with Crippen molar-refractivity contribution in [2.24, 2.45) is 0 Å². The first-order chi connectivity index (χ1) is 19.1. The summed E-state index contributed by atoms with van der Waals surface area (Å²) in [6.07, 6.45) is 5.66. The number of aromatic nitrogens is 1. The second-order valence-corrected chi connectivity index (χ2v) is 12.2. The summed E-state index contributed by atoms with van der Waals surface area (Å²) >= 11 is 0. The van der Waals surface area contributed by atoms with E-state index in [1.807, 2.05) is 31.9 Å². The van der Waals surface area contributed by atoms with E-state index in [4.69, 9.17) is 4.74 Å². The van der Waals surface area contributed by atoms with Crippen LogP contribution in [0.1, 0.15) is 70.2 Å². The first kappa shape index (κ1) is 26.3. The number of aromatic amines is 1. The number of fused-ring (bicyclic) bond motifs is 4. The number of benzene rings is 2. The smallest absolute Gasteiger partial charge is 0.410 e. The Labute approximate surface area is 236 Å². The van der Waals surface area contributed by atoms with Gasteiger partial charge in [-0.15, -0.1) is 5.53 Å². The van der Waals surface area contributed by atoms with Crippen molar-refractivity contribution in [3.05, 3.63) is 77.1 Å². The van der Waals surface area contributed by atoms with Crippen molar-refractivity contribution in [1.82, 2.24) is 25.4 Å². The predicted octanol–water partition coefficient (Wildman–Crippen LogP) is 6.49. The third-order valence-electron chi connectivity index (χ3n) is 8.22. The molecule has 0 radical (unpaired) electrons. The lowest BCUT2D eigenvalue weighted by Gasteiger charge is -2.34. The molecule has 1 aromatic heterocycles. The van der Waals surface area contributed by atoms with Crippen molar-refractivity contribution in [3.8, 4) is 0 Å². The van der Waals surface area contributed by atoms with E-state index in [2.05, 4.69) is 95.3 Å². The minimum Gasteiger partial charge on any atom is -0.444 e. The summed E-state index contributed by atoms with van der Waals surface area (Å²) in [4.78, 5) is 18.0. The number of carbonyl (C=O) groups excluding carboxylic acids is 1. The zero-order chi connectivity index (χ0) is 28.2. The number of amides is 1. The number of ether oxygens (including phenoxy) is 1. The number of hydrogen-bond donors (Lipinski definition) is 3. The van der Waals surface area contributed by atoms with E-state index in [1.54, 1.807) is 0 Å². The van der Waals surface area contributed by atoms with Gasteiger partial charge in [-0.2, -0.15) is 0 Å². The van der Waals surface area contributed by atoms with Crippen LogP contribution in [-0.2, 0) is 4.74 Å². The molecule has 2 aromatic carbocycles. The van der Waals surface area contributed by atoms with Gasteiger partial charge in [0.05, 0.1) is 17.4 Å². The molecule has 210 valence electrons. The van der Waals surface area contributed by atoms with Gasteiger partial charge in [-0.1, -0.05) is 24.3 Å². The van der Waals surface area contributed by atoms with Gasteiger partial charge in [-0.3, -0.25) is 10.0 Å². The van der Waals surface area contributed by atoms with Crippen molar-refractivity contribution in [2.75, 3.05) is 25.5 Å². The highest BCUT2D eigenvalue weighted by Gasteiger charge is 2.34. The van der Waals surface area contributed by atoms with E-state index >= 15 is 0 Å². The fourth-order valence-electron chi connectivity index (χ4n) is 6.10. The lowest BCUT2D eigenvalue weighted by atomic mass is 9.89. The summed E-state index contributed by atoms with van der Waals surface area (Å²) in [6, 6.07) is 15.6. The van der Waals surface area contributed by atoms with Crippen molar-refractivity contribution in [3.63, 3.8) is 0 Å². The monoisotopic (exact) mass is 540 g/mol. The number of allylic oxidation sites excluding steroid dienone is 1. The van der Waals surface area contributed by atoms with Crippen molar-refractivity contribution in [2.45, 2.75) is 65.1 Å². The van der Waals surface area contributed by atoms with E-state index in [0.29, 0.717) is 6.54 Å². The zero-order valence-corrected chi connectivity index (χ0v) is 24.3. The molecule has 3 aliphatic heterocycles. The van der Waals surface area contributed by atoms with Crippen LogP contribution in [0.15, 0.2) is 60.4 Å². The molecule has 0 saturated carbocycles. The van der Waals surface area contributed by atoms with Crippen molar-refractivity contribution < 1.29 is 9.53 Å². The molecule has 8 heteroatoms. The number of nitrogens with one attached hydrogen (secondary N) is 3. The van der Waals surface area contributed by atoms with Gasteiger partial charge in [-0.25, -0.2) is 4.79 Å². The molecule has 0 spiro atoms. The van der Waals surface area contributed by atoms with E-state index in [0.717, 1.165) is 30.6 Å². The molecule has 0 aliphatic carbocycles. The molecule has 0 bridgehead atoms. The molecule has 6 rings (SSSR count). The van der Waals surface area contributed by atoms with Gasteiger partial charge in [-0.05, 0) is 88.4 Å². The number of nitrogens with zero attached hydrogens (tertiary/aromatic N) is 3. The van der Waals surface area contributed by atoms with Crippen molar-refractivity contribution in [1.29, 1.82) is 0 Å². The molecule has 1 unspecified atom stereocenters. The van der Waals surface area contributed by atoms with Crippen LogP contribution in [0.4, 0.5) is 10.5 Å². The summed E-state index contributed by atoms with van der Waals surface area (Å²) in [6.45, 7) is 11.4. The third kappa shape index (κ3) is 4.81. The Bertz CT molecular complexity index is 1510. The number of hydrazine groups is 2. The minimum absolute atomic E-state index is 0.0573. The Morgan fingerprint density at radius 1 is 1.15 bits per heavy atom. The fourth-order valence-corrected chi connectivity index (χ4v) is 6.10. The van der Waals surface area contributed by atoms with Crippen LogP contribution in [0.2, 0.25) is 0 Å². The van der Waals surface area contributed by atoms with Crippen LogP contribution in [0, 0.1) is 0 Å². The Hall–Kier alpha value is -3.91. The lowest BCUT2D eigenvalue weighted by molar-refractivity contribution is 0.0199. The van der Waals surface area contributed by atoms with E-state index in [9.17, 15) is 4.79 Å². The van der Waals surface area contributed by atoms with Gasteiger partial charge in [0.15, 0.2) is 0 Å². The Kier molecular flexibility index (Phi) is 6.53. The summed E-state index contributed by atoms with van der Waals surface area (Å²) in [5, 5.41) is 9.47. The number of H-pyrrole nitrogens is 1. The molecule has 4 heterocycles. The molecule has 8 nitrogen and oxygen atoms in total. The highest BCUT2D eigenvalue weighted by molar-refractivity contribution is 5.92. The molecule has 0 fully saturated rings. The zero-order valence-electron chi connectivity index (χ0n) is 24.3. The van der Waals surface area contributed by atoms with Crippen LogP contribution in [0.25, 0.3) is 22.2 Å². The molecule has 0 saturated heterocycles. The van der Waals surface area contributed by atoms with Gasteiger partial charge < -0.3 is 19.9 Å². The Morgan fingerprint density at radius 3 is 2.75 bits per heavy atom. The first-order valence-electron chi connectivity index (χ1n) is 14.2. The van der Waals surface area contributed by atoms with Gasteiger partial charge in [0.2, 0.25) is 0 Å². The predicted molar refractivity (Wildman–Crippen MR) is 161 cm³/mol. The second-order valence-electron chi connectivity index (χ2n) is 12.2. The van der Waals surface area contributed by atoms with E-state index in [-0.39, 0.29) is 18.2 Å². The molecular weight excluding hydrogens is 500 g/mol. The maximum Gasteiger partial charge on any atom is 0.410 e. The van der Waals surface area contributed by atoms with Gasteiger partial charge in [0.25, 0.3) is 0 Å². The largest absolute Gasteiger partial charge is 0.444 e. The number of carbonyl (C=O) groups is 1. The first-order valence-corrected chi connectivity index (χ1v) is 14.2. The maximum atomic E-state index is 12.8. The summed E-state index contributed by atoms with van der Waals surface area (Å²) in [5.41, 5.74) is 12.7. The summed E-state index contributed by atoms with van der Waals surface area (Å²) in [5.74, 6) is 0. The molecule has 3 aromatic rings. The SMILES string of the molecule is CC1=C2c3ccc(C4=CCN(C(=O)OC(C)(C)C)[C@@H](C)C4)cc3C(Nc3cccc4[nH]ccc34)CCN2NN1C.